The summed E-state index contributed by atoms with van der Waals surface area (Å²) in [5.74, 6) is 0.694. The van der Waals surface area contributed by atoms with Gasteiger partial charge in [0.05, 0.1) is 18.8 Å². The fourth-order valence-electron chi connectivity index (χ4n) is 2.31. The Morgan fingerprint density at radius 2 is 1.79 bits per heavy atom. The van der Waals surface area contributed by atoms with Gasteiger partial charge in [-0.25, -0.2) is 14.8 Å². The maximum Gasteiger partial charge on any atom is 0.330 e. The monoisotopic (exact) mass is 323 g/mol. The van der Waals surface area contributed by atoms with E-state index in [1.165, 1.54) is 7.11 Å². The molecule has 0 fully saturated rings. The number of methoxy groups -OCH3 is 1. The molecule has 3 aromatic rings. The molecule has 0 aromatic carbocycles. The van der Waals surface area contributed by atoms with Gasteiger partial charge in [0, 0.05) is 29.5 Å². The van der Waals surface area contributed by atoms with E-state index in [1.807, 2.05) is 12.1 Å². The largest absolute Gasteiger partial charge is 0.467 e. The number of esters is 1. The topological polar surface area (TPSA) is 89.9 Å². The molecule has 0 aliphatic carbocycles. The third-order valence-electron chi connectivity index (χ3n) is 3.56. The lowest BCUT2D eigenvalue weighted by atomic mass is 10.1. The van der Waals surface area contributed by atoms with E-state index in [0.29, 0.717) is 17.2 Å². The number of pyridine rings is 2. The Labute approximate surface area is 139 Å². The molecule has 0 saturated heterocycles. The highest BCUT2D eigenvalue weighted by atomic mass is 16.5. The second-order valence-electron chi connectivity index (χ2n) is 5.77. The molecule has 7 nitrogen and oxygen atoms in total. The lowest BCUT2D eigenvalue weighted by Crippen LogP contribution is -2.41. The molecule has 0 aliphatic rings. The number of anilines is 1. The summed E-state index contributed by atoms with van der Waals surface area (Å²) in [6.45, 7) is 3.47. The van der Waals surface area contributed by atoms with Crippen LogP contribution in [0, 0.1) is 0 Å². The molecular formula is C17H17N5O2. The second-order valence-corrected chi connectivity index (χ2v) is 5.77. The van der Waals surface area contributed by atoms with Gasteiger partial charge in [-0.2, -0.15) is 0 Å². The number of hydrogen-bond donors (Lipinski definition) is 1. The fraction of sp³-hybridized carbons (Fsp3) is 0.235. The van der Waals surface area contributed by atoms with Crippen LogP contribution in [0.1, 0.15) is 13.8 Å². The zero-order chi connectivity index (χ0) is 17.2. The first-order valence-electron chi connectivity index (χ1n) is 7.40. The molecule has 0 aliphatic heterocycles. The van der Waals surface area contributed by atoms with Crippen molar-refractivity contribution in [1.82, 2.24) is 19.9 Å². The Bertz CT molecular complexity index is 881. The molecule has 1 N–H and O–H groups in total. The molecule has 0 amide bonds. The Morgan fingerprint density at radius 3 is 2.50 bits per heavy atom. The Balaban J connectivity index is 2.14. The molecule has 122 valence electrons. The van der Waals surface area contributed by atoms with Crippen LogP contribution in [0.15, 0.2) is 43.0 Å². The van der Waals surface area contributed by atoms with Gasteiger partial charge in [-0.05, 0) is 32.0 Å². The van der Waals surface area contributed by atoms with Crippen molar-refractivity contribution in [2.24, 2.45) is 0 Å². The molecule has 3 rings (SSSR count). The van der Waals surface area contributed by atoms with Crippen molar-refractivity contribution in [3.8, 4) is 11.4 Å². The quantitative estimate of drug-likeness (QED) is 0.737. The van der Waals surface area contributed by atoms with E-state index in [4.69, 9.17) is 4.74 Å². The Morgan fingerprint density at radius 1 is 1.08 bits per heavy atom. The van der Waals surface area contributed by atoms with E-state index in [9.17, 15) is 4.79 Å². The highest BCUT2D eigenvalue weighted by Crippen LogP contribution is 2.26. The zero-order valence-corrected chi connectivity index (χ0v) is 13.6. The van der Waals surface area contributed by atoms with Gasteiger partial charge >= 0.3 is 5.97 Å². The van der Waals surface area contributed by atoms with Crippen LogP contribution in [0.5, 0.6) is 0 Å². The van der Waals surface area contributed by atoms with Gasteiger partial charge in [0.2, 0.25) is 0 Å². The SMILES string of the molecule is COC(=O)C(C)(C)Nc1nc(-c2ccncc2)nc2cnccc12. The van der Waals surface area contributed by atoms with E-state index < -0.39 is 5.54 Å². The summed E-state index contributed by atoms with van der Waals surface area (Å²) in [4.78, 5) is 29.2. The van der Waals surface area contributed by atoms with Gasteiger partial charge in [0.15, 0.2) is 5.82 Å². The number of carbonyl (C=O) groups is 1. The summed E-state index contributed by atoms with van der Waals surface area (Å²) >= 11 is 0. The lowest BCUT2D eigenvalue weighted by molar-refractivity contribution is -0.144. The fourth-order valence-corrected chi connectivity index (χ4v) is 2.31. The molecule has 0 saturated carbocycles. The minimum Gasteiger partial charge on any atom is -0.467 e. The van der Waals surface area contributed by atoms with Crippen molar-refractivity contribution in [1.29, 1.82) is 0 Å². The minimum absolute atomic E-state index is 0.381. The van der Waals surface area contributed by atoms with Crippen molar-refractivity contribution in [2.75, 3.05) is 12.4 Å². The van der Waals surface area contributed by atoms with E-state index in [2.05, 4.69) is 25.3 Å². The number of carbonyl (C=O) groups excluding carboxylic acids is 1. The van der Waals surface area contributed by atoms with Gasteiger partial charge in [0.25, 0.3) is 0 Å². The van der Waals surface area contributed by atoms with Gasteiger partial charge < -0.3 is 10.1 Å². The van der Waals surface area contributed by atoms with E-state index >= 15 is 0 Å². The maximum absolute atomic E-state index is 12.0. The van der Waals surface area contributed by atoms with Crippen molar-refractivity contribution in [3.63, 3.8) is 0 Å². The molecule has 3 heterocycles. The molecule has 0 atom stereocenters. The molecule has 0 radical (unpaired) electrons. The van der Waals surface area contributed by atoms with Gasteiger partial charge in [-0.15, -0.1) is 0 Å². The van der Waals surface area contributed by atoms with Gasteiger partial charge in [-0.1, -0.05) is 0 Å². The number of hydrogen-bond acceptors (Lipinski definition) is 7. The minimum atomic E-state index is -0.936. The van der Waals surface area contributed by atoms with Crippen LogP contribution in [-0.2, 0) is 9.53 Å². The Kier molecular flexibility index (Phi) is 4.07. The molecule has 0 bridgehead atoms. The van der Waals surface area contributed by atoms with Crippen LogP contribution in [0.3, 0.4) is 0 Å². The average molecular weight is 323 g/mol. The summed E-state index contributed by atoms with van der Waals surface area (Å²) in [6.07, 6.45) is 6.68. The first-order valence-corrected chi connectivity index (χ1v) is 7.40. The summed E-state index contributed by atoms with van der Waals surface area (Å²) in [5.41, 5.74) is 0.576. The van der Waals surface area contributed by atoms with Crippen molar-refractivity contribution in [2.45, 2.75) is 19.4 Å². The highest BCUT2D eigenvalue weighted by Gasteiger charge is 2.29. The molecule has 0 spiro atoms. The number of fused-ring (bicyclic) bond motifs is 1. The first kappa shape index (κ1) is 15.8. The number of nitrogens with zero attached hydrogens (tertiary/aromatic N) is 4. The van der Waals surface area contributed by atoms with Crippen LogP contribution >= 0.6 is 0 Å². The maximum atomic E-state index is 12.0. The van der Waals surface area contributed by atoms with Crippen LogP contribution in [0.4, 0.5) is 5.82 Å². The van der Waals surface area contributed by atoms with Crippen LogP contribution in [0.25, 0.3) is 22.3 Å². The van der Waals surface area contributed by atoms with Crippen molar-refractivity contribution >= 4 is 22.7 Å². The van der Waals surface area contributed by atoms with Crippen molar-refractivity contribution < 1.29 is 9.53 Å². The summed E-state index contributed by atoms with van der Waals surface area (Å²) in [5, 5.41) is 3.93. The van der Waals surface area contributed by atoms with Gasteiger partial charge in [-0.3, -0.25) is 9.97 Å². The third-order valence-corrected chi connectivity index (χ3v) is 3.56. The molecule has 24 heavy (non-hydrogen) atoms. The smallest absolute Gasteiger partial charge is 0.330 e. The van der Waals surface area contributed by atoms with E-state index in [0.717, 1.165) is 10.9 Å². The van der Waals surface area contributed by atoms with Crippen LogP contribution in [-0.4, -0.2) is 38.6 Å². The third kappa shape index (κ3) is 3.01. The van der Waals surface area contributed by atoms with Gasteiger partial charge in [0.1, 0.15) is 11.4 Å². The Hall–Kier alpha value is -3.09. The predicted octanol–water partition coefficient (Wildman–Crippen LogP) is 2.45. The number of nitrogens with one attached hydrogen (secondary N) is 1. The van der Waals surface area contributed by atoms with E-state index in [-0.39, 0.29) is 5.97 Å². The number of aromatic nitrogens is 4. The lowest BCUT2D eigenvalue weighted by Gasteiger charge is -2.24. The summed E-state index contributed by atoms with van der Waals surface area (Å²) in [6, 6.07) is 5.46. The molecule has 0 unspecified atom stereocenters. The summed E-state index contributed by atoms with van der Waals surface area (Å²) in [7, 11) is 1.36. The molecular weight excluding hydrogens is 306 g/mol. The normalized spacial score (nSPS) is 11.3. The average Bonchev–Trinajstić information content (AvgIpc) is 2.61. The molecule has 3 aromatic heterocycles. The zero-order valence-electron chi connectivity index (χ0n) is 13.6. The molecule has 7 heteroatoms. The first-order chi connectivity index (χ1) is 11.5. The summed E-state index contributed by atoms with van der Waals surface area (Å²) < 4.78 is 4.85. The number of rotatable bonds is 4. The second kappa shape index (κ2) is 6.19. The number of ether oxygens (including phenoxy) is 1. The van der Waals surface area contributed by atoms with Crippen LogP contribution < -0.4 is 5.32 Å². The highest BCUT2D eigenvalue weighted by molar-refractivity contribution is 5.93. The van der Waals surface area contributed by atoms with Crippen molar-refractivity contribution in [3.05, 3.63) is 43.0 Å². The van der Waals surface area contributed by atoms with E-state index in [1.54, 1.807) is 44.7 Å². The standard InChI is InChI=1S/C17H17N5O2/c1-17(2,16(23)24-3)22-15-12-6-9-19-10-13(12)20-14(21-15)11-4-7-18-8-5-11/h4-10H,1-3H3,(H,20,21,22). The predicted molar refractivity (Wildman–Crippen MR) is 90.3 cm³/mol. The van der Waals surface area contributed by atoms with Crippen LogP contribution in [0.2, 0.25) is 0 Å².